The highest BCUT2D eigenvalue weighted by molar-refractivity contribution is 5.86. The number of aromatic nitrogens is 2. The fraction of sp³-hybridized carbons (Fsp3) is 0.286. The summed E-state index contributed by atoms with van der Waals surface area (Å²) in [6.45, 7) is 7.26. The quantitative estimate of drug-likeness (QED) is 0.740. The average molecular weight is 381 g/mol. The van der Waals surface area contributed by atoms with Gasteiger partial charge in [-0.2, -0.15) is 0 Å². The van der Waals surface area contributed by atoms with E-state index in [1.165, 1.54) is 18.0 Å². The third-order valence-corrected chi connectivity index (χ3v) is 4.08. The van der Waals surface area contributed by atoms with Gasteiger partial charge in [-0.3, -0.25) is 14.7 Å². The first-order valence-corrected chi connectivity index (χ1v) is 8.85. The van der Waals surface area contributed by atoms with Crippen molar-refractivity contribution in [2.45, 2.75) is 33.3 Å². The van der Waals surface area contributed by atoms with Gasteiger partial charge in [0, 0.05) is 5.69 Å². The molecule has 0 saturated heterocycles. The third kappa shape index (κ3) is 3.98. The van der Waals surface area contributed by atoms with Crippen LogP contribution in [0.1, 0.15) is 26.3 Å². The maximum absolute atomic E-state index is 13.0. The number of carbonyl (C=O) groups excluding carboxylic acids is 1. The number of ether oxygens (including phenoxy) is 2. The van der Waals surface area contributed by atoms with Gasteiger partial charge in [0.2, 0.25) is 0 Å². The van der Waals surface area contributed by atoms with Gasteiger partial charge in [-0.25, -0.2) is 9.78 Å². The molecule has 7 nitrogen and oxygen atoms in total. The molecule has 0 saturated carbocycles. The van der Waals surface area contributed by atoms with Gasteiger partial charge in [-0.05, 0) is 57.5 Å². The summed E-state index contributed by atoms with van der Waals surface area (Å²) in [5.41, 5.74) is 1.69. The van der Waals surface area contributed by atoms with Crippen molar-refractivity contribution < 1.29 is 14.3 Å². The SMILES string of the molecule is COc1cccc2c(=O)n(-c3cc(NC(=O)OC(C)(C)C)ccc3C)cnc12. The van der Waals surface area contributed by atoms with Gasteiger partial charge in [-0.1, -0.05) is 12.1 Å². The molecule has 0 aliphatic rings. The van der Waals surface area contributed by atoms with Crippen molar-refractivity contribution in [2.75, 3.05) is 12.4 Å². The number of hydrogen-bond acceptors (Lipinski definition) is 5. The molecular weight excluding hydrogens is 358 g/mol. The molecule has 0 radical (unpaired) electrons. The van der Waals surface area contributed by atoms with Crippen LogP contribution in [0.2, 0.25) is 0 Å². The van der Waals surface area contributed by atoms with Crippen molar-refractivity contribution in [3.8, 4) is 11.4 Å². The predicted molar refractivity (Wildman–Crippen MR) is 108 cm³/mol. The van der Waals surface area contributed by atoms with E-state index >= 15 is 0 Å². The Labute approximate surface area is 162 Å². The number of fused-ring (bicyclic) bond motifs is 1. The first kappa shape index (κ1) is 19.4. The standard InChI is InChI=1S/C21H23N3O4/c1-13-9-10-14(23-20(26)28-21(2,3)4)11-16(13)24-12-22-18-15(19(24)25)7-6-8-17(18)27-5/h6-12H,1-5H3,(H,23,26). The average Bonchev–Trinajstić information content (AvgIpc) is 2.62. The summed E-state index contributed by atoms with van der Waals surface area (Å²) in [4.78, 5) is 29.5. The monoisotopic (exact) mass is 381 g/mol. The zero-order chi connectivity index (χ0) is 20.5. The number of amides is 1. The molecule has 0 bridgehead atoms. The largest absolute Gasteiger partial charge is 0.494 e. The second kappa shape index (κ2) is 7.34. The summed E-state index contributed by atoms with van der Waals surface area (Å²) >= 11 is 0. The van der Waals surface area contributed by atoms with Gasteiger partial charge >= 0.3 is 6.09 Å². The normalized spacial score (nSPS) is 11.3. The molecule has 146 valence electrons. The van der Waals surface area contributed by atoms with Crippen LogP contribution in [-0.4, -0.2) is 28.4 Å². The summed E-state index contributed by atoms with van der Waals surface area (Å²) < 4.78 is 12.0. The van der Waals surface area contributed by atoms with E-state index in [-0.39, 0.29) is 5.56 Å². The van der Waals surface area contributed by atoms with Crippen LogP contribution in [0.25, 0.3) is 16.6 Å². The van der Waals surface area contributed by atoms with E-state index in [0.717, 1.165) is 5.56 Å². The summed E-state index contributed by atoms with van der Waals surface area (Å²) in [5, 5.41) is 3.14. The topological polar surface area (TPSA) is 82.5 Å². The van der Waals surface area contributed by atoms with Crippen LogP contribution >= 0.6 is 0 Å². The molecule has 0 aliphatic carbocycles. The summed E-state index contributed by atoms with van der Waals surface area (Å²) in [5.74, 6) is 0.541. The van der Waals surface area contributed by atoms with Crippen LogP contribution in [0, 0.1) is 6.92 Å². The molecule has 3 aromatic rings. The van der Waals surface area contributed by atoms with Gasteiger partial charge < -0.3 is 9.47 Å². The maximum atomic E-state index is 13.0. The molecule has 1 N–H and O–H groups in total. The number of rotatable bonds is 3. The lowest BCUT2D eigenvalue weighted by atomic mass is 10.1. The third-order valence-electron chi connectivity index (χ3n) is 4.08. The molecule has 0 spiro atoms. The van der Waals surface area contributed by atoms with E-state index in [4.69, 9.17) is 9.47 Å². The Kier molecular flexibility index (Phi) is 5.09. The Balaban J connectivity index is 2.03. The van der Waals surface area contributed by atoms with Crippen LogP contribution in [0.3, 0.4) is 0 Å². The maximum Gasteiger partial charge on any atom is 0.412 e. The van der Waals surface area contributed by atoms with Crippen molar-refractivity contribution in [1.82, 2.24) is 9.55 Å². The van der Waals surface area contributed by atoms with E-state index in [2.05, 4.69) is 10.3 Å². The molecular formula is C21H23N3O4. The zero-order valence-electron chi connectivity index (χ0n) is 16.6. The lowest BCUT2D eigenvalue weighted by molar-refractivity contribution is 0.0636. The minimum atomic E-state index is -0.601. The Bertz CT molecular complexity index is 1100. The van der Waals surface area contributed by atoms with Crippen LogP contribution in [-0.2, 0) is 4.74 Å². The van der Waals surface area contributed by atoms with E-state index in [9.17, 15) is 9.59 Å². The van der Waals surface area contributed by atoms with Gasteiger partial charge in [0.15, 0.2) is 0 Å². The number of nitrogens with one attached hydrogen (secondary N) is 1. The Morgan fingerprint density at radius 3 is 2.61 bits per heavy atom. The number of anilines is 1. The lowest BCUT2D eigenvalue weighted by Crippen LogP contribution is -2.27. The molecule has 2 aromatic carbocycles. The molecule has 28 heavy (non-hydrogen) atoms. The van der Waals surface area contributed by atoms with Crippen LogP contribution in [0.15, 0.2) is 47.5 Å². The Morgan fingerprint density at radius 1 is 1.18 bits per heavy atom. The fourth-order valence-electron chi connectivity index (χ4n) is 2.83. The number of carbonyl (C=O) groups is 1. The Morgan fingerprint density at radius 2 is 1.93 bits per heavy atom. The van der Waals surface area contributed by atoms with Crippen molar-refractivity contribution in [3.63, 3.8) is 0 Å². The molecule has 3 rings (SSSR count). The van der Waals surface area contributed by atoms with Crippen molar-refractivity contribution >= 4 is 22.7 Å². The highest BCUT2D eigenvalue weighted by Crippen LogP contribution is 2.23. The summed E-state index contributed by atoms with van der Waals surface area (Å²) in [7, 11) is 1.54. The second-order valence-corrected chi connectivity index (χ2v) is 7.40. The molecule has 7 heteroatoms. The van der Waals surface area contributed by atoms with Gasteiger partial charge in [0.25, 0.3) is 5.56 Å². The number of benzene rings is 2. The zero-order valence-corrected chi connectivity index (χ0v) is 16.6. The predicted octanol–water partition coefficient (Wildman–Crippen LogP) is 4.05. The minimum absolute atomic E-state index is 0.221. The summed E-state index contributed by atoms with van der Waals surface area (Å²) in [6.07, 6.45) is 0.906. The highest BCUT2D eigenvalue weighted by atomic mass is 16.6. The number of aryl methyl sites for hydroxylation is 1. The highest BCUT2D eigenvalue weighted by Gasteiger charge is 2.17. The molecule has 1 heterocycles. The van der Waals surface area contributed by atoms with Crippen LogP contribution < -0.4 is 15.6 Å². The van der Waals surface area contributed by atoms with E-state index in [0.29, 0.717) is 28.0 Å². The van der Waals surface area contributed by atoms with Crippen molar-refractivity contribution in [2.24, 2.45) is 0 Å². The molecule has 0 fully saturated rings. The van der Waals surface area contributed by atoms with Gasteiger partial charge in [0.1, 0.15) is 23.2 Å². The minimum Gasteiger partial charge on any atom is -0.494 e. The molecule has 0 unspecified atom stereocenters. The second-order valence-electron chi connectivity index (χ2n) is 7.40. The number of nitrogens with zero attached hydrogens (tertiary/aromatic N) is 2. The number of para-hydroxylation sites is 1. The first-order chi connectivity index (χ1) is 13.2. The number of hydrogen-bond donors (Lipinski definition) is 1. The smallest absolute Gasteiger partial charge is 0.412 e. The van der Waals surface area contributed by atoms with Crippen molar-refractivity contribution in [3.05, 3.63) is 58.6 Å². The van der Waals surface area contributed by atoms with Crippen molar-refractivity contribution in [1.29, 1.82) is 0 Å². The number of methoxy groups -OCH3 is 1. The molecule has 0 atom stereocenters. The van der Waals surface area contributed by atoms with E-state index in [1.54, 1.807) is 51.1 Å². The molecule has 1 amide bonds. The Hall–Kier alpha value is -3.35. The molecule has 0 aliphatic heterocycles. The molecule has 1 aromatic heterocycles. The summed E-state index contributed by atoms with van der Waals surface area (Å²) in [6, 6.07) is 10.5. The van der Waals surface area contributed by atoms with Crippen LogP contribution in [0.4, 0.5) is 10.5 Å². The lowest BCUT2D eigenvalue weighted by Gasteiger charge is -2.20. The van der Waals surface area contributed by atoms with Gasteiger partial charge in [-0.15, -0.1) is 0 Å². The van der Waals surface area contributed by atoms with E-state index in [1.807, 2.05) is 13.0 Å². The van der Waals surface area contributed by atoms with Gasteiger partial charge in [0.05, 0.1) is 18.2 Å². The fourth-order valence-corrected chi connectivity index (χ4v) is 2.83. The first-order valence-electron chi connectivity index (χ1n) is 8.85. The van der Waals surface area contributed by atoms with E-state index < -0.39 is 11.7 Å². The van der Waals surface area contributed by atoms with Crippen LogP contribution in [0.5, 0.6) is 5.75 Å².